The van der Waals surface area contributed by atoms with E-state index in [0.29, 0.717) is 11.9 Å². The molecule has 2 heterocycles. The Hall–Kier alpha value is -1.49. The maximum Gasteiger partial charge on any atom is 0.214 e. The number of hydrogen-bond acceptors (Lipinski definition) is 5. The molecule has 5 nitrogen and oxygen atoms in total. The van der Waals surface area contributed by atoms with Gasteiger partial charge in [-0.3, -0.25) is 5.43 Å². The molecule has 1 aliphatic carbocycles. The van der Waals surface area contributed by atoms with Crippen molar-refractivity contribution in [3.05, 3.63) is 24.0 Å². The zero-order valence-corrected chi connectivity index (χ0v) is 9.89. The largest absolute Gasteiger partial charge is 0.368 e. The van der Waals surface area contributed by atoms with Crippen molar-refractivity contribution in [3.63, 3.8) is 0 Å². The van der Waals surface area contributed by atoms with E-state index in [1.165, 1.54) is 32.1 Å². The molecule has 0 aromatic heterocycles. The smallest absolute Gasteiger partial charge is 0.214 e. The number of nitrogens with two attached hydrogens (primary N) is 2. The van der Waals surface area contributed by atoms with Crippen LogP contribution >= 0.6 is 0 Å². The van der Waals surface area contributed by atoms with Crippen LogP contribution in [-0.2, 0) is 0 Å². The number of allylic oxidation sites excluding steroid dienone is 2. The van der Waals surface area contributed by atoms with E-state index >= 15 is 0 Å². The quantitative estimate of drug-likeness (QED) is 0.625. The predicted octanol–water partition coefficient (Wildman–Crippen LogP) is 0.768. The van der Waals surface area contributed by atoms with Crippen LogP contribution in [0.1, 0.15) is 32.1 Å². The van der Waals surface area contributed by atoms with Gasteiger partial charge in [0.15, 0.2) is 5.82 Å². The van der Waals surface area contributed by atoms with Crippen LogP contribution in [0.4, 0.5) is 0 Å². The average molecular weight is 233 g/mol. The molecule has 5 heteroatoms. The third-order valence-electron chi connectivity index (χ3n) is 3.95. The van der Waals surface area contributed by atoms with Gasteiger partial charge in [0.05, 0.1) is 0 Å². The van der Waals surface area contributed by atoms with E-state index < -0.39 is 5.66 Å². The van der Waals surface area contributed by atoms with Crippen molar-refractivity contribution in [3.8, 4) is 0 Å². The molecule has 2 aliphatic heterocycles. The lowest BCUT2D eigenvalue weighted by Crippen LogP contribution is -2.64. The number of nitrogens with zero attached hydrogens (tertiary/aromatic N) is 2. The Morgan fingerprint density at radius 1 is 1.35 bits per heavy atom. The van der Waals surface area contributed by atoms with Crippen molar-refractivity contribution < 1.29 is 0 Å². The van der Waals surface area contributed by atoms with Crippen LogP contribution in [0.25, 0.3) is 0 Å². The number of guanidine groups is 1. The first-order chi connectivity index (χ1) is 8.20. The molecule has 0 radical (unpaired) electrons. The summed E-state index contributed by atoms with van der Waals surface area (Å²) in [6.07, 6.45) is 12.2. The van der Waals surface area contributed by atoms with Gasteiger partial charge < -0.3 is 11.5 Å². The summed E-state index contributed by atoms with van der Waals surface area (Å²) < 4.78 is 0. The van der Waals surface area contributed by atoms with Gasteiger partial charge in [0, 0.05) is 5.92 Å². The Kier molecular flexibility index (Phi) is 2.36. The van der Waals surface area contributed by atoms with Crippen molar-refractivity contribution >= 4 is 5.96 Å². The molecule has 0 amide bonds. The Balaban J connectivity index is 1.88. The minimum absolute atomic E-state index is 0.422. The third kappa shape index (κ3) is 1.61. The van der Waals surface area contributed by atoms with Gasteiger partial charge in [-0.05, 0) is 25.0 Å². The highest BCUT2D eigenvalue weighted by atomic mass is 15.7. The summed E-state index contributed by atoms with van der Waals surface area (Å²) in [4.78, 5) is 4.24. The molecular formula is C12H19N5. The van der Waals surface area contributed by atoms with Gasteiger partial charge in [0.25, 0.3) is 0 Å². The standard InChI is InChI=1S/C12H19N5/c13-11-15-10-7-4-8-12(14,17(10)16-11)9-5-2-1-3-6-9/h4,7-9H,1-3,5-6,14H2,(H3,13,15,16). The molecule has 0 saturated heterocycles. The first-order valence-electron chi connectivity index (χ1n) is 6.29. The minimum atomic E-state index is -0.491. The van der Waals surface area contributed by atoms with Crippen LogP contribution in [0.15, 0.2) is 29.0 Å². The van der Waals surface area contributed by atoms with Crippen molar-refractivity contribution in [1.82, 2.24) is 10.4 Å². The molecule has 1 atom stereocenters. The molecule has 5 N–H and O–H groups in total. The van der Waals surface area contributed by atoms with Gasteiger partial charge in [-0.15, -0.1) is 0 Å². The maximum atomic E-state index is 6.59. The van der Waals surface area contributed by atoms with E-state index in [0.717, 1.165) is 5.82 Å². The van der Waals surface area contributed by atoms with Crippen LogP contribution < -0.4 is 16.9 Å². The van der Waals surface area contributed by atoms with Gasteiger partial charge in [0.1, 0.15) is 5.66 Å². The van der Waals surface area contributed by atoms with Crippen LogP contribution in [0, 0.1) is 5.92 Å². The van der Waals surface area contributed by atoms with Gasteiger partial charge in [0.2, 0.25) is 5.96 Å². The second kappa shape index (κ2) is 3.77. The molecule has 0 aromatic carbocycles. The molecule has 92 valence electrons. The van der Waals surface area contributed by atoms with Crippen molar-refractivity contribution in [2.75, 3.05) is 0 Å². The zero-order valence-electron chi connectivity index (χ0n) is 9.89. The highest BCUT2D eigenvalue weighted by molar-refractivity contribution is 5.80. The zero-order chi connectivity index (χ0) is 11.9. The van der Waals surface area contributed by atoms with Crippen LogP contribution in [0.5, 0.6) is 0 Å². The summed E-state index contributed by atoms with van der Waals surface area (Å²) in [5, 5.41) is 1.92. The highest BCUT2D eigenvalue weighted by Gasteiger charge is 2.43. The summed E-state index contributed by atoms with van der Waals surface area (Å²) in [5.41, 5.74) is 14.9. The number of hydrazine groups is 1. The predicted molar refractivity (Wildman–Crippen MR) is 67.3 cm³/mol. The van der Waals surface area contributed by atoms with Crippen LogP contribution in [0.3, 0.4) is 0 Å². The fraction of sp³-hybridized carbons (Fsp3) is 0.583. The van der Waals surface area contributed by atoms with Gasteiger partial charge in [-0.1, -0.05) is 25.3 Å². The molecule has 0 spiro atoms. The van der Waals surface area contributed by atoms with E-state index in [-0.39, 0.29) is 0 Å². The van der Waals surface area contributed by atoms with E-state index in [9.17, 15) is 0 Å². The average Bonchev–Trinajstić information content (AvgIpc) is 2.73. The molecular weight excluding hydrogens is 214 g/mol. The molecule has 3 aliphatic rings. The van der Waals surface area contributed by atoms with E-state index in [1.807, 2.05) is 17.2 Å². The first-order valence-corrected chi connectivity index (χ1v) is 6.29. The Morgan fingerprint density at radius 3 is 2.88 bits per heavy atom. The van der Waals surface area contributed by atoms with E-state index in [1.54, 1.807) is 0 Å². The Labute approximate surface area is 101 Å². The normalized spacial score (nSPS) is 32.9. The monoisotopic (exact) mass is 233 g/mol. The fourth-order valence-corrected chi connectivity index (χ4v) is 3.02. The molecule has 17 heavy (non-hydrogen) atoms. The van der Waals surface area contributed by atoms with Crippen LogP contribution in [0.2, 0.25) is 0 Å². The Bertz CT molecular complexity index is 405. The lowest BCUT2D eigenvalue weighted by atomic mass is 9.79. The highest BCUT2D eigenvalue weighted by Crippen LogP contribution is 2.37. The summed E-state index contributed by atoms with van der Waals surface area (Å²) in [5.74, 6) is 1.70. The second-order valence-electron chi connectivity index (χ2n) is 5.05. The SMILES string of the molecule is NC1=NC2=CC=CC(N)(C3CCCCC3)N2N1. The van der Waals surface area contributed by atoms with Gasteiger partial charge >= 0.3 is 0 Å². The van der Waals surface area contributed by atoms with Crippen molar-refractivity contribution in [2.24, 2.45) is 22.4 Å². The number of fused-ring (bicyclic) bond motifs is 1. The second-order valence-corrected chi connectivity index (χ2v) is 5.05. The Morgan fingerprint density at radius 2 is 2.12 bits per heavy atom. The number of nitrogens with one attached hydrogen (secondary N) is 1. The van der Waals surface area contributed by atoms with Gasteiger partial charge in [-0.2, -0.15) is 4.99 Å². The number of rotatable bonds is 1. The summed E-state index contributed by atoms with van der Waals surface area (Å²) in [6, 6.07) is 0. The lowest BCUT2D eigenvalue weighted by molar-refractivity contribution is 0.0698. The van der Waals surface area contributed by atoms with E-state index in [4.69, 9.17) is 11.5 Å². The van der Waals surface area contributed by atoms with E-state index in [2.05, 4.69) is 16.5 Å². The lowest BCUT2D eigenvalue weighted by Gasteiger charge is -2.45. The summed E-state index contributed by atoms with van der Waals surface area (Å²) in [6.45, 7) is 0. The van der Waals surface area contributed by atoms with Crippen molar-refractivity contribution in [1.29, 1.82) is 0 Å². The number of hydrogen-bond donors (Lipinski definition) is 3. The summed E-state index contributed by atoms with van der Waals surface area (Å²) in [7, 11) is 0. The molecule has 0 aromatic rings. The minimum Gasteiger partial charge on any atom is -0.368 e. The fourth-order valence-electron chi connectivity index (χ4n) is 3.02. The molecule has 3 rings (SSSR count). The maximum absolute atomic E-state index is 6.59. The molecule has 1 unspecified atom stereocenters. The summed E-state index contributed by atoms with van der Waals surface area (Å²) >= 11 is 0. The number of aliphatic imine (C=N–C) groups is 1. The van der Waals surface area contributed by atoms with Crippen molar-refractivity contribution in [2.45, 2.75) is 37.8 Å². The third-order valence-corrected chi connectivity index (χ3v) is 3.95. The first kappa shape index (κ1) is 10.7. The molecule has 0 bridgehead atoms. The van der Waals surface area contributed by atoms with Crippen LogP contribution in [-0.4, -0.2) is 16.6 Å². The molecule has 1 saturated carbocycles. The molecule has 1 fully saturated rings. The van der Waals surface area contributed by atoms with Gasteiger partial charge in [-0.25, -0.2) is 5.01 Å². The topological polar surface area (TPSA) is 79.7 Å².